The molecule has 1 saturated heterocycles. The monoisotopic (exact) mass is 255 g/mol. The number of unbranched alkanes of at least 4 members (excludes halogenated alkanes) is 1. The van der Waals surface area contributed by atoms with Gasteiger partial charge in [-0.2, -0.15) is 0 Å². The molecule has 4 nitrogen and oxygen atoms in total. The highest BCUT2D eigenvalue weighted by Crippen LogP contribution is 2.15. The van der Waals surface area contributed by atoms with Gasteiger partial charge in [0.15, 0.2) is 5.96 Å². The molecule has 1 aliphatic rings. The molecule has 0 bridgehead atoms. The van der Waals surface area contributed by atoms with Crippen LogP contribution in [-0.2, 0) is 4.74 Å². The molecule has 0 aromatic heterocycles. The molecule has 0 aliphatic carbocycles. The van der Waals surface area contributed by atoms with Crippen LogP contribution in [0.2, 0.25) is 0 Å². The SMILES string of the molecule is CCOCCCCNC(=NC)N1CCCC(C)C1. The lowest BCUT2D eigenvalue weighted by Gasteiger charge is -2.33. The Morgan fingerprint density at radius 1 is 1.44 bits per heavy atom. The molecule has 0 aromatic carbocycles. The van der Waals surface area contributed by atoms with E-state index in [9.17, 15) is 0 Å². The average Bonchev–Trinajstić information content (AvgIpc) is 2.38. The summed E-state index contributed by atoms with van der Waals surface area (Å²) in [6.45, 7) is 9.32. The summed E-state index contributed by atoms with van der Waals surface area (Å²) in [5, 5.41) is 3.46. The zero-order valence-corrected chi connectivity index (χ0v) is 12.2. The van der Waals surface area contributed by atoms with Crippen molar-refractivity contribution in [2.75, 3.05) is 39.9 Å². The summed E-state index contributed by atoms with van der Waals surface area (Å²) < 4.78 is 5.33. The zero-order valence-electron chi connectivity index (χ0n) is 12.2. The number of rotatable bonds is 6. The molecule has 4 heteroatoms. The van der Waals surface area contributed by atoms with E-state index in [-0.39, 0.29) is 0 Å². The first-order valence-corrected chi connectivity index (χ1v) is 7.31. The van der Waals surface area contributed by atoms with Crippen LogP contribution in [0, 0.1) is 5.92 Å². The number of hydrogen-bond acceptors (Lipinski definition) is 2. The minimum absolute atomic E-state index is 0.787. The molecular weight excluding hydrogens is 226 g/mol. The Morgan fingerprint density at radius 3 is 2.94 bits per heavy atom. The maximum absolute atomic E-state index is 5.33. The lowest BCUT2D eigenvalue weighted by molar-refractivity contribution is 0.143. The van der Waals surface area contributed by atoms with E-state index in [4.69, 9.17) is 4.74 Å². The molecule has 1 heterocycles. The lowest BCUT2D eigenvalue weighted by Crippen LogP contribution is -2.46. The number of hydrogen-bond donors (Lipinski definition) is 1. The minimum atomic E-state index is 0.787. The average molecular weight is 255 g/mol. The second-order valence-electron chi connectivity index (χ2n) is 5.07. The topological polar surface area (TPSA) is 36.9 Å². The number of piperidine rings is 1. The highest BCUT2D eigenvalue weighted by atomic mass is 16.5. The van der Waals surface area contributed by atoms with Crippen LogP contribution in [0.5, 0.6) is 0 Å². The molecule has 0 aromatic rings. The predicted molar refractivity (Wildman–Crippen MR) is 77.1 cm³/mol. The van der Waals surface area contributed by atoms with E-state index >= 15 is 0 Å². The van der Waals surface area contributed by atoms with Gasteiger partial charge in [0.1, 0.15) is 0 Å². The number of likely N-dealkylation sites (tertiary alicyclic amines) is 1. The van der Waals surface area contributed by atoms with E-state index in [1.165, 1.54) is 12.8 Å². The summed E-state index contributed by atoms with van der Waals surface area (Å²) in [7, 11) is 1.88. The van der Waals surface area contributed by atoms with Gasteiger partial charge in [-0.15, -0.1) is 0 Å². The largest absolute Gasteiger partial charge is 0.382 e. The number of guanidine groups is 1. The lowest BCUT2D eigenvalue weighted by atomic mass is 10.0. The van der Waals surface area contributed by atoms with Gasteiger partial charge in [-0.1, -0.05) is 6.92 Å². The van der Waals surface area contributed by atoms with Crippen molar-refractivity contribution in [3.8, 4) is 0 Å². The molecule has 0 spiro atoms. The van der Waals surface area contributed by atoms with Crippen molar-refractivity contribution in [3.05, 3.63) is 0 Å². The molecule has 0 radical (unpaired) electrons. The van der Waals surface area contributed by atoms with Crippen molar-refractivity contribution in [3.63, 3.8) is 0 Å². The van der Waals surface area contributed by atoms with Crippen LogP contribution in [-0.4, -0.2) is 50.8 Å². The van der Waals surface area contributed by atoms with E-state index in [1.807, 2.05) is 14.0 Å². The fourth-order valence-corrected chi connectivity index (χ4v) is 2.39. The maximum atomic E-state index is 5.33. The van der Waals surface area contributed by atoms with Gasteiger partial charge in [0.25, 0.3) is 0 Å². The Bertz CT molecular complexity index is 243. The van der Waals surface area contributed by atoms with E-state index in [1.54, 1.807) is 0 Å². The van der Waals surface area contributed by atoms with Gasteiger partial charge < -0.3 is 15.0 Å². The van der Waals surface area contributed by atoms with Gasteiger partial charge in [-0.25, -0.2) is 0 Å². The molecule has 1 aliphatic heterocycles. The first-order valence-electron chi connectivity index (χ1n) is 7.31. The minimum Gasteiger partial charge on any atom is -0.382 e. The summed E-state index contributed by atoms with van der Waals surface area (Å²) in [5.41, 5.74) is 0. The molecule has 1 N–H and O–H groups in total. The normalized spacial score (nSPS) is 21.2. The van der Waals surface area contributed by atoms with Gasteiger partial charge in [0.05, 0.1) is 0 Å². The van der Waals surface area contributed by atoms with Crippen molar-refractivity contribution >= 4 is 5.96 Å². The molecule has 1 rings (SSSR count). The number of nitrogens with one attached hydrogen (secondary N) is 1. The van der Waals surface area contributed by atoms with Crippen LogP contribution in [0.25, 0.3) is 0 Å². The van der Waals surface area contributed by atoms with Gasteiger partial charge in [0.2, 0.25) is 0 Å². The Labute approximate surface area is 112 Å². The maximum Gasteiger partial charge on any atom is 0.193 e. The molecule has 18 heavy (non-hydrogen) atoms. The van der Waals surface area contributed by atoms with Crippen molar-refractivity contribution in [1.82, 2.24) is 10.2 Å². The van der Waals surface area contributed by atoms with Gasteiger partial charge >= 0.3 is 0 Å². The fraction of sp³-hybridized carbons (Fsp3) is 0.929. The fourth-order valence-electron chi connectivity index (χ4n) is 2.39. The number of nitrogens with zero attached hydrogens (tertiary/aromatic N) is 2. The first kappa shape index (κ1) is 15.3. The van der Waals surface area contributed by atoms with Gasteiger partial charge in [-0.3, -0.25) is 4.99 Å². The highest BCUT2D eigenvalue weighted by Gasteiger charge is 2.18. The summed E-state index contributed by atoms with van der Waals surface area (Å²) in [5.74, 6) is 1.85. The van der Waals surface area contributed by atoms with Crippen LogP contribution in [0.3, 0.4) is 0 Å². The van der Waals surface area contributed by atoms with Crippen molar-refractivity contribution < 1.29 is 4.74 Å². The van der Waals surface area contributed by atoms with Crippen LogP contribution in [0.4, 0.5) is 0 Å². The van der Waals surface area contributed by atoms with Crippen LogP contribution < -0.4 is 5.32 Å². The summed E-state index contributed by atoms with van der Waals surface area (Å²) in [6.07, 6.45) is 4.89. The van der Waals surface area contributed by atoms with Crippen molar-refractivity contribution in [1.29, 1.82) is 0 Å². The molecule has 0 amide bonds. The van der Waals surface area contributed by atoms with E-state index in [0.29, 0.717) is 0 Å². The standard InChI is InChI=1S/C14H29N3O/c1-4-18-11-6-5-9-16-14(15-3)17-10-7-8-13(2)12-17/h13H,4-12H2,1-3H3,(H,15,16). The summed E-state index contributed by atoms with van der Waals surface area (Å²) >= 11 is 0. The Balaban J connectivity index is 2.17. The third kappa shape index (κ3) is 5.71. The van der Waals surface area contributed by atoms with E-state index in [0.717, 1.165) is 57.6 Å². The molecule has 1 atom stereocenters. The zero-order chi connectivity index (χ0) is 13.2. The van der Waals surface area contributed by atoms with Gasteiger partial charge in [-0.05, 0) is 38.5 Å². The third-order valence-electron chi connectivity index (χ3n) is 3.37. The van der Waals surface area contributed by atoms with E-state index in [2.05, 4.69) is 22.1 Å². The summed E-state index contributed by atoms with van der Waals surface area (Å²) in [6, 6.07) is 0. The molecule has 1 unspecified atom stereocenters. The molecule has 0 saturated carbocycles. The first-order chi connectivity index (χ1) is 8.77. The van der Waals surface area contributed by atoms with Crippen molar-refractivity contribution in [2.45, 2.75) is 39.5 Å². The smallest absolute Gasteiger partial charge is 0.193 e. The number of aliphatic imine (C=N–C) groups is 1. The summed E-state index contributed by atoms with van der Waals surface area (Å²) in [4.78, 5) is 6.77. The molecular formula is C14H29N3O. The van der Waals surface area contributed by atoms with Crippen molar-refractivity contribution in [2.24, 2.45) is 10.9 Å². The van der Waals surface area contributed by atoms with Crippen LogP contribution >= 0.6 is 0 Å². The predicted octanol–water partition coefficient (Wildman–Crippen LogP) is 2.11. The van der Waals surface area contributed by atoms with Crippen LogP contribution in [0.15, 0.2) is 4.99 Å². The second kappa shape index (κ2) is 9.20. The van der Waals surface area contributed by atoms with Crippen LogP contribution in [0.1, 0.15) is 39.5 Å². The van der Waals surface area contributed by atoms with E-state index < -0.39 is 0 Å². The Hall–Kier alpha value is -0.770. The molecule has 106 valence electrons. The van der Waals surface area contributed by atoms with Gasteiger partial charge in [0, 0.05) is 39.9 Å². The Kier molecular flexibility index (Phi) is 7.81. The quantitative estimate of drug-likeness (QED) is 0.449. The highest BCUT2D eigenvalue weighted by molar-refractivity contribution is 5.79. The Morgan fingerprint density at radius 2 is 2.28 bits per heavy atom. The third-order valence-corrected chi connectivity index (χ3v) is 3.37. The molecule has 1 fully saturated rings. The number of ether oxygens (including phenoxy) is 1. The second-order valence-corrected chi connectivity index (χ2v) is 5.07.